The molecule has 1 atom stereocenters. The standard InChI is InChI=1S/C21H27NO4/c1-14(26-16-9-7-15(8-10-16)21(2,3)4)20(23)22-18-13-17(24-5)11-12-19(18)25-6/h7-14H,1-6H3,(H,22,23). The summed E-state index contributed by atoms with van der Waals surface area (Å²) in [7, 11) is 3.12. The van der Waals surface area contributed by atoms with E-state index in [1.54, 1.807) is 39.3 Å². The third-order valence-electron chi connectivity index (χ3n) is 4.07. The Bertz CT molecular complexity index is 748. The van der Waals surface area contributed by atoms with E-state index in [2.05, 4.69) is 26.1 Å². The molecule has 1 unspecified atom stereocenters. The Balaban J connectivity index is 2.06. The number of anilines is 1. The number of methoxy groups -OCH3 is 2. The van der Waals surface area contributed by atoms with E-state index in [1.807, 2.05) is 24.3 Å². The Kier molecular flexibility index (Phi) is 6.14. The fourth-order valence-electron chi connectivity index (χ4n) is 2.44. The van der Waals surface area contributed by atoms with Gasteiger partial charge in [0, 0.05) is 6.07 Å². The van der Waals surface area contributed by atoms with Crippen LogP contribution in [-0.2, 0) is 10.2 Å². The Morgan fingerprint density at radius 2 is 1.58 bits per heavy atom. The van der Waals surface area contributed by atoms with Crippen LogP contribution < -0.4 is 19.5 Å². The SMILES string of the molecule is COc1ccc(OC)c(NC(=O)C(C)Oc2ccc(C(C)(C)C)cc2)c1. The van der Waals surface area contributed by atoms with Crippen LogP contribution in [0, 0.1) is 0 Å². The van der Waals surface area contributed by atoms with Gasteiger partial charge in [-0.3, -0.25) is 4.79 Å². The van der Waals surface area contributed by atoms with E-state index in [0.717, 1.165) is 0 Å². The number of rotatable bonds is 6. The van der Waals surface area contributed by atoms with Crippen molar-refractivity contribution in [1.29, 1.82) is 0 Å². The summed E-state index contributed by atoms with van der Waals surface area (Å²) in [5.74, 6) is 1.57. The number of carbonyl (C=O) groups excluding carboxylic acids is 1. The summed E-state index contributed by atoms with van der Waals surface area (Å²) in [6.45, 7) is 8.17. The molecule has 1 N–H and O–H groups in total. The Morgan fingerprint density at radius 3 is 2.12 bits per heavy atom. The highest BCUT2D eigenvalue weighted by Gasteiger charge is 2.18. The first-order valence-electron chi connectivity index (χ1n) is 8.54. The van der Waals surface area contributed by atoms with Gasteiger partial charge in [-0.1, -0.05) is 32.9 Å². The number of amides is 1. The van der Waals surface area contributed by atoms with Gasteiger partial charge < -0.3 is 19.5 Å². The largest absolute Gasteiger partial charge is 0.497 e. The maximum Gasteiger partial charge on any atom is 0.265 e. The van der Waals surface area contributed by atoms with E-state index in [0.29, 0.717) is 22.9 Å². The van der Waals surface area contributed by atoms with Crippen LogP contribution in [0.1, 0.15) is 33.3 Å². The Labute approximate surface area is 155 Å². The van der Waals surface area contributed by atoms with Gasteiger partial charge in [0.1, 0.15) is 17.2 Å². The maximum atomic E-state index is 12.5. The lowest BCUT2D eigenvalue weighted by Crippen LogP contribution is -2.30. The number of nitrogens with one attached hydrogen (secondary N) is 1. The van der Waals surface area contributed by atoms with Gasteiger partial charge in [-0.25, -0.2) is 0 Å². The van der Waals surface area contributed by atoms with E-state index < -0.39 is 6.10 Å². The van der Waals surface area contributed by atoms with E-state index in [1.165, 1.54) is 5.56 Å². The molecule has 2 aromatic rings. The van der Waals surface area contributed by atoms with Crippen molar-refractivity contribution in [3.05, 3.63) is 48.0 Å². The van der Waals surface area contributed by atoms with Gasteiger partial charge in [0.25, 0.3) is 5.91 Å². The summed E-state index contributed by atoms with van der Waals surface area (Å²) in [4.78, 5) is 12.5. The molecule has 0 saturated heterocycles. The highest BCUT2D eigenvalue weighted by Crippen LogP contribution is 2.29. The monoisotopic (exact) mass is 357 g/mol. The van der Waals surface area contributed by atoms with Crippen molar-refractivity contribution < 1.29 is 19.0 Å². The second-order valence-corrected chi connectivity index (χ2v) is 7.09. The second kappa shape index (κ2) is 8.13. The van der Waals surface area contributed by atoms with Crippen molar-refractivity contribution in [1.82, 2.24) is 0 Å². The molecule has 5 nitrogen and oxygen atoms in total. The highest BCUT2D eigenvalue weighted by molar-refractivity contribution is 5.95. The summed E-state index contributed by atoms with van der Waals surface area (Å²) in [5, 5.41) is 2.82. The number of ether oxygens (including phenoxy) is 3. The van der Waals surface area contributed by atoms with Crippen LogP contribution in [-0.4, -0.2) is 26.2 Å². The van der Waals surface area contributed by atoms with Crippen molar-refractivity contribution in [3.63, 3.8) is 0 Å². The molecule has 0 spiro atoms. The molecular weight excluding hydrogens is 330 g/mol. The quantitative estimate of drug-likeness (QED) is 0.832. The van der Waals surface area contributed by atoms with Crippen LogP contribution >= 0.6 is 0 Å². The molecule has 0 heterocycles. The van der Waals surface area contributed by atoms with Crippen LogP contribution in [0.25, 0.3) is 0 Å². The molecule has 0 aliphatic carbocycles. The number of carbonyl (C=O) groups is 1. The molecule has 0 bridgehead atoms. The predicted molar refractivity (Wildman–Crippen MR) is 103 cm³/mol. The summed E-state index contributed by atoms with van der Waals surface area (Å²) in [5.41, 5.74) is 1.82. The fourth-order valence-corrected chi connectivity index (χ4v) is 2.44. The van der Waals surface area contributed by atoms with E-state index in [4.69, 9.17) is 14.2 Å². The molecule has 2 aromatic carbocycles. The average molecular weight is 357 g/mol. The van der Waals surface area contributed by atoms with Gasteiger partial charge in [0.2, 0.25) is 0 Å². The first-order chi connectivity index (χ1) is 12.2. The molecule has 1 amide bonds. The highest BCUT2D eigenvalue weighted by atomic mass is 16.5. The predicted octanol–water partition coefficient (Wildman–Crippen LogP) is 4.41. The van der Waals surface area contributed by atoms with Crippen molar-refractivity contribution in [2.75, 3.05) is 19.5 Å². The van der Waals surface area contributed by atoms with Crippen molar-refractivity contribution in [2.24, 2.45) is 0 Å². The van der Waals surface area contributed by atoms with Crippen LogP contribution in [0.5, 0.6) is 17.2 Å². The number of hydrogen-bond donors (Lipinski definition) is 1. The molecule has 2 rings (SSSR count). The minimum atomic E-state index is -0.661. The van der Waals surface area contributed by atoms with E-state index >= 15 is 0 Å². The lowest BCUT2D eigenvalue weighted by Gasteiger charge is -2.20. The van der Waals surface area contributed by atoms with Crippen molar-refractivity contribution >= 4 is 11.6 Å². The molecule has 0 aliphatic rings. The first-order valence-corrected chi connectivity index (χ1v) is 8.54. The third kappa shape index (κ3) is 4.91. The molecule has 0 aliphatic heterocycles. The van der Waals surface area contributed by atoms with Crippen LogP contribution in [0.3, 0.4) is 0 Å². The summed E-state index contributed by atoms with van der Waals surface area (Å²) in [6.07, 6.45) is -0.661. The lowest BCUT2D eigenvalue weighted by atomic mass is 9.87. The zero-order chi connectivity index (χ0) is 19.3. The molecule has 0 radical (unpaired) electrons. The van der Waals surface area contributed by atoms with Crippen molar-refractivity contribution in [3.8, 4) is 17.2 Å². The van der Waals surface area contributed by atoms with Gasteiger partial charge in [0.05, 0.1) is 19.9 Å². The first kappa shape index (κ1) is 19.6. The summed E-state index contributed by atoms with van der Waals surface area (Å²) >= 11 is 0. The zero-order valence-electron chi connectivity index (χ0n) is 16.3. The lowest BCUT2D eigenvalue weighted by molar-refractivity contribution is -0.122. The van der Waals surface area contributed by atoms with Gasteiger partial charge in [-0.05, 0) is 42.2 Å². The number of benzene rings is 2. The normalized spacial score (nSPS) is 12.2. The topological polar surface area (TPSA) is 56.8 Å². The van der Waals surface area contributed by atoms with Gasteiger partial charge in [0.15, 0.2) is 6.10 Å². The van der Waals surface area contributed by atoms with Gasteiger partial charge >= 0.3 is 0 Å². The molecule has 140 valence electrons. The summed E-state index contributed by atoms with van der Waals surface area (Å²) < 4.78 is 16.2. The molecule has 0 fully saturated rings. The molecule has 0 aromatic heterocycles. The molecule has 26 heavy (non-hydrogen) atoms. The van der Waals surface area contributed by atoms with Crippen LogP contribution in [0.2, 0.25) is 0 Å². The molecule has 5 heteroatoms. The maximum absolute atomic E-state index is 12.5. The fraction of sp³-hybridized carbons (Fsp3) is 0.381. The van der Waals surface area contributed by atoms with Gasteiger partial charge in [-0.15, -0.1) is 0 Å². The third-order valence-corrected chi connectivity index (χ3v) is 4.07. The smallest absolute Gasteiger partial charge is 0.265 e. The van der Waals surface area contributed by atoms with Gasteiger partial charge in [-0.2, -0.15) is 0 Å². The Morgan fingerprint density at radius 1 is 0.962 bits per heavy atom. The van der Waals surface area contributed by atoms with E-state index in [-0.39, 0.29) is 11.3 Å². The van der Waals surface area contributed by atoms with E-state index in [9.17, 15) is 4.79 Å². The number of hydrogen-bond acceptors (Lipinski definition) is 4. The molecule has 0 saturated carbocycles. The minimum Gasteiger partial charge on any atom is -0.497 e. The van der Waals surface area contributed by atoms with Crippen molar-refractivity contribution in [2.45, 2.75) is 39.2 Å². The Hall–Kier alpha value is -2.69. The zero-order valence-corrected chi connectivity index (χ0v) is 16.3. The minimum absolute atomic E-state index is 0.0738. The second-order valence-electron chi connectivity index (χ2n) is 7.09. The van der Waals surface area contributed by atoms with Crippen LogP contribution in [0.15, 0.2) is 42.5 Å². The summed E-state index contributed by atoms with van der Waals surface area (Å²) in [6, 6.07) is 13.0. The van der Waals surface area contributed by atoms with Crippen LogP contribution in [0.4, 0.5) is 5.69 Å². The average Bonchev–Trinajstić information content (AvgIpc) is 2.61. The molecular formula is C21H27NO4.